The molecule has 0 fully saturated rings. The molecular formula is C9H7F3N2. The molecule has 0 spiro atoms. The molecule has 2 heterocycles. The molecular weight excluding hydrogens is 193 g/mol. The molecule has 74 valence electrons. The van der Waals surface area contributed by atoms with Gasteiger partial charge in [-0.2, -0.15) is 13.2 Å². The van der Waals surface area contributed by atoms with Gasteiger partial charge < -0.3 is 4.57 Å². The summed E-state index contributed by atoms with van der Waals surface area (Å²) in [5.41, 5.74) is -0.158. The molecule has 0 saturated carbocycles. The molecule has 0 saturated heterocycles. The summed E-state index contributed by atoms with van der Waals surface area (Å²) >= 11 is 0. The Morgan fingerprint density at radius 3 is 2.71 bits per heavy atom. The lowest BCUT2D eigenvalue weighted by Gasteiger charge is -2.05. The maximum Gasteiger partial charge on any atom is 0.417 e. The number of hydrogen-bond acceptors (Lipinski definition) is 1. The quantitative estimate of drug-likeness (QED) is 0.639. The average Bonchev–Trinajstić information content (AvgIpc) is 2.46. The Labute approximate surface area is 78.0 Å². The molecule has 0 N–H and O–H groups in total. The van der Waals surface area contributed by atoms with Gasteiger partial charge in [-0.3, -0.25) is 0 Å². The Kier molecular flexibility index (Phi) is 1.77. The standard InChI is InChI=1S/C9H7F3N2/c1-14-3-2-6-4-7(9(10,11)12)5-13-8(6)14/h2-5H,1H3. The SMILES string of the molecule is Cn1ccc2cc(C(F)(F)F)cnc21. The summed E-state index contributed by atoms with van der Waals surface area (Å²) in [6.07, 6.45) is -1.79. The second-order valence-corrected chi connectivity index (χ2v) is 3.06. The van der Waals surface area contributed by atoms with Gasteiger partial charge in [0.05, 0.1) is 5.56 Å². The minimum Gasteiger partial charge on any atom is -0.336 e. The highest BCUT2D eigenvalue weighted by Gasteiger charge is 2.31. The summed E-state index contributed by atoms with van der Waals surface area (Å²) in [4.78, 5) is 3.75. The Morgan fingerprint density at radius 1 is 1.36 bits per heavy atom. The van der Waals surface area contributed by atoms with Gasteiger partial charge in [0.25, 0.3) is 0 Å². The predicted molar refractivity (Wildman–Crippen MR) is 45.7 cm³/mol. The summed E-state index contributed by atoms with van der Waals surface area (Å²) in [6, 6.07) is 2.71. The number of nitrogens with zero attached hydrogens (tertiary/aromatic N) is 2. The molecule has 0 aromatic carbocycles. The Morgan fingerprint density at radius 2 is 2.07 bits per heavy atom. The zero-order valence-corrected chi connectivity index (χ0v) is 7.34. The molecule has 2 aromatic rings. The molecule has 0 amide bonds. The number of halogens is 3. The van der Waals surface area contributed by atoms with Crippen molar-refractivity contribution < 1.29 is 13.2 Å². The zero-order chi connectivity index (χ0) is 10.3. The minimum absolute atomic E-state index is 0.502. The fourth-order valence-electron chi connectivity index (χ4n) is 1.31. The van der Waals surface area contributed by atoms with Gasteiger partial charge >= 0.3 is 6.18 Å². The lowest BCUT2D eigenvalue weighted by atomic mass is 10.2. The summed E-state index contributed by atoms with van der Waals surface area (Å²) < 4.78 is 38.5. The molecule has 14 heavy (non-hydrogen) atoms. The molecule has 0 bridgehead atoms. The molecule has 2 rings (SSSR count). The Balaban J connectivity index is 2.63. The van der Waals surface area contributed by atoms with Gasteiger partial charge in [-0.25, -0.2) is 4.98 Å². The summed E-state index contributed by atoms with van der Waals surface area (Å²) in [6.45, 7) is 0. The van der Waals surface area contributed by atoms with Crippen LogP contribution in [0.15, 0.2) is 24.5 Å². The van der Waals surface area contributed by atoms with Crippen LogP contribution in [0.2, 0.25) is 0 Å². The van der Waals surface area contributed by atoms with E-state index in [0.717, 1.165) is 12.3 Å². The van der Waals surface area contributed by atoms with Gasteiger partial charge in [0, 0.05) is 24.8 Å². The van der Waals surface area contributed by atoms with Crippen LogP contribution in [0.25, 0.3) is 11.0 Å². The van der Waals surface area contributed by atoms with Crippen LogP contribution in [0.5, 0.6) is 0 Å². The second kappa shape index (κ2) is 2.73. The van der Waals surface area contributed by atoms with Gasteiger partial charge in [-0.1, -0.05) is 0 Å². The lowest BCUT2D eigenvalue weighted by Crippen LogP contribution is -2.05. The summed E-state index contributed by atoms with van der Waals surface area (Å²) in [5, 5.41) is 0.502. The van der Waals surface area contributed by atoms with Gasteiger partial charge in [0.2, 0.25) is 0 Å². The van der Waals surface area contributed by atoms with E-state index in [0.29, 0.717) is 11.0 Å². The van der Waals surface area contributed by atoms with Crippen molar-refractivity contribution in [2.75, 3.05) is 0 Å². The maximum atomic E-state index is 12.3. The van der Waals surface area contributed by atoms with E-state index in [1.165, 1.54) is 0 Å². The van der Waals surface area contributed by atoms with Crippen LogP contribution in [0.4, 0.5) is 13.2 Å². The second-order valence-electron chi connectivity index (χ2n) is 3.06. The van der Waals surface area contributed by atoms with Crippen molar-refractivity contribution in [1.82, 2.24) is 9.55 Å². The van der Waals surface area contributed by atoms with Crippen LogP contribution in [0.3, 0.4) is 0 Å². The van der Waals surface area contributed by atoms with E-state index < -0.39 is 11.7 Å². The average molecular weight is 200 g/mol. The molecule has 5 heteroatoms. The molecule has 2 aromatic heterocycles. The largest absolute Gasteiger partial charge is 0.417 e. The summed E-state index contributed by atoms with van der Waals surface area (Å²) in [7, 11) is 1.74. The lowest BCUT2D eigenvalue weighted by molar-refractivity contribution is -0.137. The van der Waals surface area contributed by atoms with Crippen LogP contribution in [-0.4, -0.2) is 9.55 Å². The van der Waals surface area contributed by atoms with E-state index in [-0.39, 0.29) is 0 Å². The molecule has 0 atom stereocenters. The highest BCUT2D eigenvalue weighted by Crippen LogP contribution is 2.30. The fourth-order valence-corrected chi connectivity index (χ4v) is 1.31. The van der Waals surface area contributed by atoms with Crippen LogP contribution in [-0.2, 0) is 13.2 Å². The van der Waals surface area contributed by atoms with Gasteiger partial charge in [-0.05, 0) is 12.1 Å². The van der Waals surface area contributed by atoms with Crippen molar-refractivity contribution in [1.29, 1.82) is 0 Å². The fraction of sp³-hybridized carbons (Fsp3) is 0.222. The molecule has 0 aliphatic heterocycles. The number of pyridine rings is 1. The van der Waals surface area contributed by atoms with Gasteiger partial charge in [0.15, 0.2) is 0 Å². The zero-order valence-electron chi connectivity index (χ0n) is 7.34. The third kappa shape index (κ3) is 1.34. The van der Waals surface area contributed by atoms with Crippen LogP contribution >= 0.6 is 0 Å². The Hall–Kier alpha value is -1.52. The first kappa shape index (κ1) is 9.05. The molecule has 2 nitrogen and oxygen atoms in total. The smallest absolute Gasteiger partial charge is 0.336 e. The van der Waals surface area contributed by atoms with Crippen molar-refractivity contribution in [3.8, 4) is 0 Å². The first-order chi connectivity index (χ1) is 6.48. The number of rotatable bonds is 0. The third-order valence-electron chi connectivity index (χ3n) is 2.03. The van der Waals surface area contributed by atoms with Crippen molar-refractivity contribution in [2.45, 2.75) is 6.18 Å². The first-order valence-corrected chi connectivity index (χ1v) is 3.97. The number of alkyl halides is 3. The van der Waals surface area contributed by atoms with Crippen molar-refractivity contribution in [3.05, 3.63) is 30.1 Å². The van der Waals surface area contributed by atoms with Crippen molar-refractivity contribution >= 4 is 11.0 Å². The van der Waals surface area contributed by atoms with Crippen LogP contribution in [0, 0.1) is 0 Å². The van der Waals surface area contributed by atoms with Crippen LogP contribution in [0.1, 0.15) is 5.56 Å². The van der Waals surface area contributed by atoms with Crippen molar-refractivity contribution in [3.63, 3.8) is 0 Å². The molecule has 0 unspecified atom stereocenters. The van der Waals surface area contributed by atoms with E-state index in [1.807, 2.05) is 0 Å². The summed E-state index contributed by atoms with van der Waals surface area (Å²) in [5.74, 6) is 0. The van der Waals surface area contributed by atoms with Crippen molar-refractivity contribution in [2.24, 2.45) is 7.05 Å². The van der Waals surface area contributed by atoms with E-state index >= 15 is 0 Å². The normalized spacial score (nSPS) is 12.3. The number of fused-ring (bicyclic) bond motifs is 1. The third-order valence-corrected chi connectivity index (χ3v) is 2.03. The number of aromatic nitrogens is 2. The minimum atomic E-state index is -4.32. The monoisotopic (exact) mass is 200 g/mol. The van der Waals surface area contributed by atoms with Gasteiger partial charge in [0.1, 0.15) is 5.65 Å². The highest BCUT2D eigenvalue weighted by atomic mass is 19.4. The molecule has 0 aliphatic carbocycles. The molecule has 0 aliphatic rings. The van der Waals surface area contributed by atoms with Crippen LogP contribution < -0.4 is 0 Å². The highest BCUT2D eigenvalue weighted by molar-refractivity contribution is 5.76. The Bertz CT molecular complexity index is 470. The van der Waals surface area contributed by atoms with Gasteiger partial charge in [-0.15, -0.1) is 0 Å². The van der Waals surface area contributed by atoms with E-state index in [1.54, 1.807) is 23.9 Å². The van der Waals surface area contributed by atoms with E-state index in [4.69, 9.17) is 0 Å². The van der Waals surface area contributed by atoms with E-state index in [2.05, 4.69) is 4.98 Å². The predicted octanol–water partition coefficient (Wildman–Crippen LogP) is 2.59. The maximum absolute atomic E-state index is 12.3. The van der Waals surface area contributed by atoms with E-state index in [9.17, 15) is 13.2 Å². The number of aryl methyl sites for hydroxylation is 1. The topological polar surface area (TPSA) is 17.8 Å². The number of hydrogen-bond donors (Lipinski definition) is 0. The molecule has 0 radical (unpaired) electrons. The first-order valence-electron chi connectivity index (χ1n) is 3.97.